The summed E-state index contributed by atoms with van der Waals surface area (Å²) in [5, 5.41) is 16.9. The lowest BCUT2D eigenvalue weighted by Crippen LogP contribution is -2.28. The second kappa shape index (κ2) is 11.6. The SMILES string of the molecule is CCNC(=O)COc1ccc(NC(=O)c2ccccc2C(=O)c2ccc(N(C)C)c([N+](=O)[O-])c2)cc1. The van der Waals surface area contributed by atoms with E-state index in [1.807, 2.05) is 6.92 Å². The van der Waals surface area contributed by atoms with Gasteiger partial charge in [0, 0.05) is 43.5 Å². The lowest BCUT2D eigenvalue weighted by molar-refractivity contribution is -0.384. The van der Waals surface area contributed by atoms with Crippen LogP contribution in [0.25, 0.3) is 0 Å². The average molecular weight is 491 g/mol. The van der Waals surface area contributed by atoms with Gasteiger partial charge in [0.05, 0.1) is 10.5 Å². The van der Waals surface area contributed by atoms with E-state index in [0.29, 0.717) is 23.7 Å². The van der Waals surface area contributed by atoms with E-state index < -0.39 is 16.6 Å². The van der Waals surface area contributed by atoms with E-state index >= 15 is 0 Å². The first-order chi connectivity index (χ1) is 17.2. The molecule has 2 N–H and O–H groups in total. The Labute approximate surface area is 208 Å². The van der Waals surface area contributed by atoms with Crippen molar-refractivity contribution in [2.24, 2.45) is 0 Å². The van der Waals surface area contributed by atoms with E-state index in [0.717, 1.165) is 0 Å². The molecule has 0 heterocycles. The molecule has 10 heteroatoms. The maximum Gasteiger partial charge on any atom is 0.293 e. The summed E-state index contributed by atoms with van der Waals surface area (Å²) in [5.41, 5.74) is 0.949. The van der Waals surface area contributed by atoms with Gasteiger partial charge < -0.3 is 20.3 Å². The van der Waals surface area contributed by atoms with Crippen LogP contribution in [0, 0.1) is 10.1 Å². The summed E-state index contributed by atoms with van der Waals surface area (Å²) in [6.07, 6.45) is 0. The summed E-state index contributed by atoms with van der Waals surface area (Å²) in [5.74, 6) is -0.812. The van der Waals surface area contributed by atoms with Crippen LogP contribution in [0.2, 0.25) is 0 Å². The number of nitro groups is 1. The molecule has 0 atom stereocenters. The summed E-state index contributed by atoms with van der Waals surface area (Å²) in [4.78, 5) is 50.3. The van der Waals surface area contributed by atoms with Crippen LogP contribution in [0.3, 0.4) is 0 Å². The third-order valence-electron chi connectivity index (χ3n) is 5.19. The Hall–Kier alpha value is -4.73. The van der Waals surface area contributed by atoms with Crippen LogP contribution in [0.1, 0.15) is 33.2 Å². The predicted molar refractivity (Wildman–Crippen MR) is 136 cm³/mol. The number of ketones is 1. The number of likely N-dealkylation sites (N-methyl/N-ethyl adjacent to an activating group) is 1. The second-order valence-electron chi connectivity index (χ2n) is 7.95. The van der Waals surface area contributed by atoms with E-state index in [2.05, 4.69) is 10.6 Å². The summed E-state index contributed by atoms with van der Waals surface area (Å²) >= 11 is 0. The van der Waals surface area contributed by atoms with E-state index in [9.17, 15) is 24.5 Å². The highest BCUT2D eigenvalue weighted by Crippen LogP contribution is 2.29. The number of ether oxygens (including phenoxy) is 1. The highest BCUT2D eigenvalue weighted by molar-refractivity contribution is 6.18. The summed E-state index contributed by atoms with van der Waals surface area (Å²) in [7, 11) is 3.34. The average Bonchev–Trinajstić information content (AvgIpc) is 2.87. The Balaban J connectivity index is 1.79. The third-order valence-corrected chi connectivity index (χ3v) is 5.19. The lowest BCUT2D eigenvalue weighted by Gasteiger charge is -2.14. The first kappa shape index (κ1) is 25.9. The topological polar surface area (TPSA) is 131 Å². The summed E-state index contributed by atoms with van der Waals surface area (Å²) in [6.45, 7) is 2.20. The molecule has 10 nitrogen and oxygen atoms in total. The largest absolute Gasteiger partial charge is 0.484 e. The Morgan fingerprint density at radius 3 is 2.25 bits per heavy atom. The van der Waals surface area contributed by atoms with Gasteiger partial charge in [-0.25, -0.2) is 0 Å². The highest BCUT2D eigenvalue weighted by atomic mass is 16.6. The standard InChI is InChI=1S/C26H26N4O6/c1-4-27-24(31)16-36-19-12-10-18(11-13-19)28-26(33)21-8-6-5-7-20(21)25(32)17-9-14-22(29(2)3)23(15-17)30(34)35/h5-15H,4,16H2,1-3H3,(H,27,31)(H,28,33). The molecule has 0 radical (unpaired) electrons. The van der Waals surface area contributed by atoms with Gasteiger partial charge in [-0.3, -0.25) is 24.5 Å². The number of nitro benzene ring substituents is 1. The van der Waals surface area contributed by atoms with Crippen molar-refractivity contribution in [3.63, 3.8) is 0 Å². The van der Waals surface area contributed by atoms with Crippen molar-refractivity contribution in [2.75, 3.05) is 37.5 Å². The number of carbonyl (C=O) groups excluding carboxylic acids is 3. The molecule has 2 amide bonds. The Kier molecular flexibility index (Phi) is 8.35. The zero-order valence-corrected chi connectivity index (χ0v) is 20.1. The van der Waals surface area contributed by atoms with Gasteiger partial charge in [0.1, 0.15) is 11.4 Å². The van der Waals surface area contributed by atoms with Gasteiger partial charge in [0.15, 0.2) is 12.4 Å². The van der Waals surface area contributed by atoms with Gasteiger partial charge in [-0.2, -0.15) is 0 Å². The minimum absolute atomic E-state index is 0.0983. The van der Waals surface area contributed by atoms with Crippen LogP contribution in [-0.2, 0) is 4.79 Å². The number of hydrogen-bond donors (Lipinski definition) is 2. The number of anilines is 2. The summed E-state index contributed by atoms with van der Waals surface area (Å²) in [6, 6.07) is 16.9. The Bertz CT molecular complexity index is 1290. The van der Waals surface area contributed by atoms with Crippen molar-refractivity contribution < 1.29 is 24.0 Å². The molecule has 0 spiro atoms. The van der Waals surface area contributed by atoms with Gasteiger partial charge in [-0.05, 0) is 49.4 Å². The third kappa shape index (κ3) is 6.23. The molecular weight excluding hydrogens is 464 g/mol. The molecule has 0 saturated carbocycles. The minimum Gasteiger partial charge on any atom is -0.484 e. The predicted octanol–water partition coefficient (Wildman–Crippen LogP) is 3.66. The van der Waals surface area contributed by atoms with Crippen LogP contribution in [-0.4, -0.2) is 49.8 Å². The number of nitrogens with one attached hydrogen (secondary N) is 2. The fourth-order valence-corrected chi connectivity index (χ4v) is 3.45. The molecule has 3 rings (SSSR count). The van der Waals surface area contributed by atoms with E-state index in [4.69, 9.17) is 4.74 Å². The number of amides is 2. The normalized spacial score (nSPS) is 10.3. The second-order valence-corrected chi connectivity index (χ2v) is 7.95. The van der Waals surface area contributed by atoms with Crippen LogP contribution < -0.4 is 20.3 Å². The maximum atomic E-state index is 13.2. The number of benzene rings is 3. The fraction of sp³-hybridized carbons (Fsp3) is 0.192. The fourth-order valence-electron chi connectivity index (χ4n) is 3.45. The van der Waals surface area contributed by atoms with Crippen LogP contribution in [0.15, 0.2) is 66.7 Å². The smallest absolute Gasteiger partial charge is 0.293 e. The molecule has 0 saturated heterocycles. The zero-order chi connectivity index (χ0) is 26.2. The van der Waals surface area contributed by atoms with Crippen molar-refractivity contribution in [3.05, 3.63) is 93.5 Å². The number of hydrogen-bond acceptors (Lipinski definition) is 7. The van der Waals surface area contributed by atoms with E-state index in [1.54, 1.807) is 55.4 Å². The van der Waals surface area contributed by atoms with E-state index in [1.165, 1.54) is 30.3 Å². The number of rotatable bonds is 10. The molecule has 3 aromatic carbocycles. The van der Waals surface area contributed by atoms with Crippen molar-refractivity contribution >= 4 is 34.7 Å². The zero-order valence-electron chi connectivity index (χ0n) is 20.1. The molecular formula is C26H26N4O6. The van der Waals surface area contributed by atoms with Crippen LogP contribution >= 0.6 is 0 Å². The van der Waals surface area contributed by atoms with Crippen molar-refractivity contribution in [3.8, 4) is 5.75 Å². The van der Waals surface area contributed by atoms with Gasteiger partial charge >= 0.3 is 0 Å². The number of nitrogens with zero attached hydrogens (tertiary/aromatic N) is 2. The monoisotopic (exact) mass is 490 g/mol. The molecule has 0 aliphatic carbocycles. The van der Waals surface area contributed by atoms with Gasteiger partial charge in [-0.15, -0.1) is 0 Å². The van der Waals surface area contributed by atoms with Gasteiger partial charge in [0.25, 0.3) is 17.5 Å². The number of carbonyl (C=O) groups is 3. The molecule has 36 heavy (non-hydrogen) atoms. The minimum atomic E-state index is -0.547. The molecule has 0 aromatic heterocycles. The maximum absolute atomic E-state index is 13.2. The molecule has 0 fully saturated rings. The molecule has 0 aliphatic heterocycles. The molecule has 0 aliphatic rings. The lowest BCUT2D eigenvalue weighted by atomic mass is 9.97. The molecule has 186 valence electrons. The molecule has 3 aromatic rings. The Morgan fingerprint density at radius 2 is 1.64 bits per heavy atom. The first-order valence-corrected chi connectivity index (χ1v) is 11.1. The van der Waals surface area contributed by atoms with Gasteiger partial charge in [-0.1, -0.05) is 18.2 Å². The summed E-state index contributed by atoms with van der Waals surface area (Å²) < 4.78 is 5.39. The molecule has 0 unspecified atom stereocenters. The quantitative estimate of drug-likeness (QED) is 0.252. The van der Waals surface area contributed by atoms with Gasteiger partial charge in [0.2, 0.25) is 0 Å². The van der Waals surface area contributed by atoms with Crippen LogP contribution in [0.5, 0.6) is 5.75 Å². The van der Waals surface area contributed by atoms with Crippen molar-refractivity contribution in [1.82, 2.24) is 5.32 Å². The highest BCUT2D eigenvalue weighted by Gasteiger charge is 2.22. The Morgan fingerprint density at radius 1 is 0.972 bits per heavy atom. The van der Waals surface area contributed by atoms with E-state index in [-0.39, 0.29) is 34.9 Å². The molecule has 0 bridgehead atoms. The first-order valence-electron chi connectivity index (χ1n) is 11.1. The van der Waals surface area contributed by atoms with Crippen molar-refractivity contribution in [2.45, 2.75) is 6.92 Å². The van der Waals surface area contributed by atoms with Crippen molar-refractivity contribution in [1.29, 1.82) is 0 Å². The van der Waals surface area contributed by atoms with Crippen LogP contribution in [0.4, 0.5) is 17.1 Å².